The standard InChI is InChI=1S/C17H22N2.C4H4O4/c1-11(2)13-4-5-14-8-15-6-7-19(10-12(3)18)17(15)16(14)9-13;5-3(6)1-2-4(7)8/h4-7,9,11-12H,8,10,18H2,1-3H3;1-2H,(H,5,6)(H,7,8)/b;2-1+. The number of fused-ring (bicyclic) bond motifs is 3. The summed E-state index contributed by atoms with van der Waals surface area (Å²) in [7, 11) is 0. The fourth-order valence-electron chi connectivity index (χ4n) is 3.13. The largest absolute Gasteiger partial charge is 0.478 e. The molecule has 6 heteroatoms. The third-order valence-corrected chi connectivity index (χ3v) is 4.34. The first kappa shape index (κ1) is 20.5. The minimum absolute atomic E-state index is 0.189. The van der Waals surface area contributed by atoms with Crippen LogP contribution in [-0.2, 0) is 22.6 Å². The Hall–Kier alpha value is -2.86. The van der Waals surface area contributed by atoms with Crippen molar-refractivity contribution < 1.29 is 19.8 Å². The van der Waals surface area contributed by atoms with E-state index in [1.807, 2.05) is 0 Å². The maximum atomic E-state index is 9.55. The van der Waals surface area contributed by atoms with E-state index in [2.05, 4.69) is 55.8 Å². The molecule has 1 unspecified atom stereocenters. The zero-order chi connectivity index (χ0) is 20.1. The average Bonchev–Trinajstić information content (AvgIpc) is 3.12. The Labute approximate surface area is 158 Å². The van der Waals surface area contributed by atoms with Crippen molar-refractivity contribution in [2.24, 2.45) is 5.73 Å². The van der Waals surface area contributed by atoms with Gasteiger partial charge in [-0.25, -0.2) is 9.59 Å². The van der Waals surface area contributed by atoms with Gasteiger partial charge in [-0.3, -0.25) is 0 Å². The molecule has 3 rings (SSSR count). The van der Waals surface area contributed by atoms with Crippen molar-refractivity contribution in [1.29, 1.82) is 0 Å². The molecule has 0 radical (unpaired) electrons. The van der Waals surface area contributed by atoms with Crippen molar-refractivity contribution >= 4 is 11.9 Å². The van der Waals surface area contributed by atoms with Gasteiger partial charge in [0, 0.05) is 42.9 Å². The van der Waals surface area contributed by atoms with Gasteiger partial charge in [0.05, 0.1) is 5.69 Å². The smallest absolute Gasteiger partial charge is 0.328 e. The zero-order valence-electron chi connectivity index (χ0n) is 15.8. The molecule has 0 saturated carbocycles. The number of carbonyl (C=O) groups is 2. The number of hydrogen-bond acceptors (Lipinski definition) is 3. The van der Waals surface area contributed by atoms with E-state index in [4.69, 9.17) is 15.9 Å². The Kier molecular flexibility index (Phi) is 6.58. The number of carboxylic acid groups (broad SMARTS) is 2. The van der Waals surface area contributed by atoms with Gasteiger partial charge in [0.15, 0.2) is 0 Å². The van der Waals surface area contributed by atoms with E-state index >= 15 is 0 Å². The SMILES string of the molecule is CC(N)Cn1ccc2c1-c1cc(C(C)C)ccc1C2.O=C(O)/C=C/C(=O)O. The molecule has 6 nitrogen and oxygen atoms in total. The van der Waals surface area contributed by atoms with Gasteiger partial charge in [0.2, 0.25) is 0 Å². The second kappa shape index (κ2) is 8.68. The van der Waals surface area contributed by atoms with E-state index in [0.29, 0.717) is 18.1 Å². The molecular weight excluding hydrogens is 344 g/mol. The summed E-state index contributed by atoms with van der Waals surface area (Å²) < 4.78 is 2.32. The van der Waals surface area contributed by atoms with Crippen LogP contribution in [0.5, 0.6) is 0 Å². The predicted octanol–water partition coefficient (Wildman–Crippen LogP) is 3.24. The van der Waals surface area contributed by atoms with E-state index < -0.39 is 11.9 Å². The van der Waals surface area contributed by atoms with Crippen molar-refractivity contribution in [3.63, 3.8) is 0 Å². The predicted molar refractivity (Wildman–Crippen MR) is 105 cm³/mol. The monoisotopic (exact) mass is 370 g/mol. The van der Waals surface area contributed by atoms with Gasteiger partial charge in [-0.05, 0) is 41.7 Å². The van der Waals surface area contributed by atoms with Crippen molar-refractivity contribution in [2.45, 2.75) is 45.7 Å². The van der Waals surface area contributed by atoms with Crippen LogP contribution in [0.2, 0.25) is 0 Å². The number of carboxylic acids is 2. The highest BCUT2D eigenvalue weighted by molar-refractivity contribution is 5.89. The summed E-state index contributed by atoms with van der Waals surface area (Å²) in [6.45, 7) is 7.45. The van der Waals surface area contributed by atoms with Crippen LogP contribution < -0.4 is 5.73 Å². The van der Waals surface area contributed by atoms with Crippen molar-refractivity contribution in [1.82, 2.24) is 4.57 Å². The molecular formula is C21H26N2O4. The van der Waals surface area contributed by atoms with Crippen molar-refractivity contribution in [3.05, 3.63) is 59.3 Å². The maximum absolute atomic E-state index is 9.55. The number of aliphatic carboxylic acids is 2. The fraction of sp³-hybridized carbons (Fsp3) is 0.333. The highest BCUT2D eigenvalue weighted by Crippen LogP contribution is 2.38. The summed E-state index contributed by atoms with van der Waals surface area (Å²) in [6.07, 6.45) is 4.36. The van der Waals surface area contributed by atoms with Gasteiger partial charge in [-0.2, -0.15) is 0 Å². The van der Waals surface area contributed by atoms with Gasteiger partial charge in [-0.1, -0.05) is 26.0 Å². The third kappa shape index (κ3) is 5.31. The Balaban J connectivity index is 0.000000279. The van der Waals surface area contributed by atoms with E-state index in [-0.39, 0.29) is 6.04 Å². The van der Waals surface area contributed by atoms with Crippen LogP contribution in [0.25, 0.3) is 11.3 Å². The Morgan fingerprint density at radius 1 is 1.11 bits per heavy atom. The van der Waals surface area contributed by atoms with Crippen LogP contribution in [0, 0.1) is 0 Å². The molecule has 1 heterocycles. The van der Waals surface area contributed by atoms with Gasteiger partial charge in [-0.15, -0.1) is 0 Å². The van der Waals surface area contributed by atoms with Crippen LogP contribution in [0.1, 0.15) is 43.4 Å². The number of aromatic nitrogens is 1. The van der Waals surface area contributed by atoms with Crippen molar-refractivity contribution in [3.8, 4) is 11.3 Å². The van der Waals surface area contributed by atoms with Gasteiger partial charge in [0.25, 0.3) is 0 Å². The van der Waals surface area contributed by atoms with E-state index in [1.165, 1.54) is 27.9 Å². The molecule has 0 saturated heterocycles. The molecule has 1 aromatic heterocycles. The van der Waals surface area contributed by atoms with Crippen LogP contribution in [-0.4, -0.2) is 32.8 Å². The number of nitrogens with zero attached hydrogens (tertiary/aromatic N) is 1. The molecule has 1 aliphatic rings. The molecule has 1 aromatic carbocycles. The average molecular weight is 370 g/mol. The summed E-state index contributed by atoms with van der Waals surface area (Å²) in [5, 5.41) is 15.6. The molecule has 1 atom stereocenters. The Morgan fingerprint density at radius 3 is 2.26 bits per heavy atom. The van der Waals surface area contributed by atoms with Crippen molar-refractivity contribution in [2.75, 3.05) is 0 Å². The highest BCUT2D eigenvalue weighted by atomic mass is 16.4. The third-order valence-electron chi connectivity index (χ3n) is 4.34. The molecule has 4 N–H and O–H groups in total. The normalized spacial score (nSPS) is 13.1. The second-order valence-corrected chi connectivity index (χ2v) is 7.08. The Morgan fingerprint density at radius 2 is 1.74 bits per heavy atom. The summed E-state index contributed by atoms with van der Waals surface area (Å²) in [6, 6.07) is 9.36. The van der Waals surface area contributed by atoms with Crippen LogP contribution in [0.4, 0.5) is 0 Å². The number of nitrogens with two attached hydrogens (primary N) is 1. The summed E-state index contributed by atoms with van der Waals surface area (Å²) >= 11 is 0. The summed E-state index contributed by atoms with van der Waals surface area (Å²) in [4.78, 5) is 19.1. The first-order valence-corrected chi connectivity index (χ1v) is 8.89. The van der Waals surface area contributed by atoms with E-state index in [9.17, 15) is 9.59 Å². The number of hydrogen-bond donors (Lipinski definition) is 3. The lowest BCUT2D eigenvalue weighted by atomic mass is 9.98. The quantitative estimate of drug-likeness (QED) is 0.598. The minimum Gasteiger partial charge on any atom is -0.478 e. The van der Waals surface area contributed by atoms with E-state index in [0.717, 1.165) is 13.0 Å². The van der Waals surface area contributed by atoms with E-state index in [1.54, 1.807) is 0 Å². The lowest BCUT2D eigenvalue weighted by Gasteiger charge is -2.13. The van der Waals surface area contributed by atoms with Crippen LogP contribution in [0.3, 0.4) is 0 Å². The van der Waals surface area contributed by atoms with Crippen LogP contribution in [0.15, 0.2) is 42.6 Å². The second-order valence-electron chi connectivity index (χ2n) is 7.08. The lowest BCUT2D eigenvalue weighted by Crippen LogP contribution is -2.22. The molecule has 0 aliphatic heterocycles. The summed E-state index contributed by atoms with van der Waals surface area (Å²) in [5.41, 5.74) is 13.1. The fourth-order valence-corrected chi connectivity index (χ4v) is 3.13. The minimum atomic E-state index is -1.26. The summed E-state index contributed by atoms with van der Waals surface area (Å²) in [5.74, 6) is -1.94. The molecule has 2 aromatic rings. The van der Waals surface area contributed by atoms with Gasteiger partial charge < -0.3 is 20.5 Å². The first-order chi connectivity index (χ1) is 12.7. The molecule has 0 amide bonds. The first-order valence-electron chi connectivity index (χ1n) is 8.89. The van der Waals surface area contributed by atoms with Crippen LogP contribution >= 0.6 is 0 Å². The Bertz CT molecular complexity index is 847. The molecule has 0 fully saturated rings. The maximum Gasteiger partial charge on any atom is 0.328 e. The molecule has 0 spiro atoms. The molecule has 0 bridgehead atoms. The van der Waals surface area contributed by atoms with Gasteiger partial charge >= 0.3 is 11.9 Å². The molecule has 1 aliphatic carbocycles. The molecule has 144 valence electrons. The number of benzene rings is 1. The molecule has 27 heavy (non-hydrogen) atoms. The van der Waals surface area contributed by atoms with Gasteiger partial charge in [0.1, 0.15) is 0 Å². The highest BCUT2D eigenvalue weighted by Gasteiger charge is 2.23. The number of rotatable bonds is 5. The topological polar surface area (TPSA) is 106 Å². The lowest BCUT2D eigenvalue weighted by molar-refractivity contribution is -0.134. The zero-order valence-corrected chi connectivity index (χ0v) is 15.8.